The second kappa shape index (κ2) is 8.97. The number of esters is 1. The highest BCUT2D eigenvalue weighted by Gasteiger charge is 2.41. The van der Waals surface area contributed by atoms with Crippen molar-refractivity contribution in [1.82, 2.24) is 0 Å². The van der Waals surface area contributed by atoms with Crippen molar-refractivity contribution < 1.29 is 23.8 Å². The zero-order chi connectivity index (χ0) is 14.8. The maximum absolute atomic E-state index is 11.9. The molecule has 7 heteroatoms. The van der Waals surface area contributed by atoms with Gasteiger partial charge in [-0.3, -0.25) is 4.79 Å². The van der Waals surface area contributed by atoms with Crippen LogP contribution in [-0.4, -0.2) is 43.5 Å². The largest absolute Gasteiger partial charge is 0.508 e. The number of carbonyl (C=O) groups is 2. The quantitative estimate of drug-likeness (QED) is 0.295. The molecule has 1 rings (SSSR count). The van der Waals surface area contributed by atoms with E-state index in [-0.39, 0.29) is 13.2 Å². The molecule has 1 saturated heterocycles. The van der Waals surface area contributed by atoms with E-state index in [2.05, 4.69) is 6.58 Å². The number of allylic oxidation sites excluding steroid dienone is 2. The molecule has 0 N–H and O–H groups in total. The first-order valence-corrected chi connectivity index (χ1v) is 8.56. The Hall–Kier alpha value is -1.08. The van der Waals surface area contributed by atoms with Crippen LogP contribution in [0.25, 0.3) is 0 Å². The molecule has 0 atom stereocenters. The van der Waals surface area contributed by atoms with Crippen LogP contribution in [0.5, 0.6) is 0 Å². The van der Waals surface area contributed by atoms with E-state index in [9.17, 15) is 9.59 Å². The summed E-state index contributed by atoms with van der Waals surface area (Å²) in [4.78, 5) is 22.6. The Balaban J connectivity index is 2.12. The fourth-order valence-electron chi connectivity index (χ4n) is 1.28. The zero-order valence-electron chi connectivity index (χ0n) is 11.3. The highest BCUT2D eigenvalue weighted by Crippen LogP contribution is 2.25. The summed E-state index contributed by atoms with van der Waals surface area (Å²) in [6, 6.07) is 0. The minimum absolute atomic E-state index is 0.00108. The molecule has 20 heavy (non-hydrogen) atoms. The fourth-order valence-corrected chi connectivity index (χ4v) is 2.92. The number of rotatable bonds is 8. The van der Waals surface area contributed by atoms with Gasteiger partial charge in [0.1, 0.15) is 25.2 Å². The zero-order valence-corrected chi connectivity index (χ0v) is 13.0. The van der Waals surface area contributed by atoms with Gasteiger partial charge in [0.15, 0.2) is 0 Å². The monoisotopic (exact) mass is 318 g/mol. The van der Waals surface area contributed by atoms with Crippen molar-refractivity contribution in [3.63, 3.8) is 0 Å². The average molecular weight is 318 g/mol. The van der Waals surface area contributed by atoms with Crippen molar-refractivity contribution in [3.05, 3.63) is 24.8 Å². The molecule has 0 aromatic rings. The Labute approximate surface area is 126 Å². The summed E-state index contributed by atoms with van der Waals surface area (Å²) in [7, 11) is 3.31. The SMILES string of the molecule is C=C/C=C\CSSCCOC(=O)C1(C)COC(=O)OC1. The van der Waals surface area contributed by atoms with Crippen LogP contribution in [0.3, 0.4) is 0 Å². The van der Waals surface area contributed by atoms with Crippen LogP contribution in [0.1, 0.15) is 6.92 Å². The van der Waals surface area contributed by atoms with Crippen LogP contribution >= 0.6 is 21.6 Å². The molecule has 5 nitrogen and oxygen atoms in total. The Morgan fingerprint density at radius 2 is 2.15 bits per heavy atom. The Kier molecular flexibility index (Phi) is 7.61. The van der Waals surface area contributed by atoms with Gasteiger partial charge in [-0.15, -0.1) is 0 Å². The number of hydrogen-bond acceptors (Lipinski definition) is 7. The van der Waals surface area contributed by atoms with E-state index >= 15 is 0 Å². The average Bonchev–Trinajstić information content (AvgIpc) is 2.45. The smallest absolute Gasteiger partial charge is 0.464 e. The minimum Gasteiger partial charge on any atom is -0.464 e. The summed E-state index contributed by atoms with van der Waals surface area (Å²) in [6.07, 6.45) is 4.88. The molecule has 1 heterocycles. The maximum Gasteiger partial charge on any atom is 0.508 e. The van der Waals surface area contributed by atoms with E-state index in [1.165, 1.54) is 0 Å². The highest BCUT2D eigenvalue weighted by molar-refractivity contribution is 8.76. The van der Waals surface area contributed by atoms with E-state index in [0.29, 0.717) is 12.4 Å². The summed E-state index contributed by atoms with van der Waals surface area (Å²) >= 11 is 0. The Morgan fingerprint density at radius 3 is 2.80 bits per heavy atom. The molecule has 1 aliphatic rings. The van der Waals surface area contributed by atoms with E-state index in [0.717, 1.165) is 5.75 Å². The van der Waals surface area contributed by atoms with E-state index in [4.69, 9.17) is 14.2 Å². The normalized spacial score (nSPS) is 17.4. The van der Waals surface area contributed by atoms with Gasteiger partial charge in [-0.25, -0.2) is 4.79 Å². The van der Waals surface area contributed by atoms with Crippen molar-refractivity contribution in [1.29, 1.82) is 0 Å². The van der Waals surface area contributed by atoms with E-state index in [1.807, 2.05) is 12.2 Å². The molecular weight excluding hydrogens is 300 g/mol. The van der Waals surface area contributed by atoms with Crippen LogP contribution in [0.4, 0.5) is 4.79 Å². The Morgan fingerprint density at radius 1 is 1.45 bits per heavy atom. The first-order chi connectivity index (χ1) is 9.58. The van der Waals surface area contributed by atoms with Gasteiger partial charge < -0.3 is 14.2 Å². The van der Waals surface area contributed by atoms with Crippen LogP contribution in [-0.2, 0) is 19.0 Å². The van der Waals surface area contributed by atoms with Gasteiger partial charge in [-0.1, -0.05) is 46.4 Å². The van der Waals surface area contributed by atoms with Gasteiger partial charge in [-0.2, -0.15) is 0 Å². The molecule has 0 aromatic heterocycles. The van der Waals surface area contributed by atoms with E-state index < -0.39 is 17.5 Å². The molecule has 0 aliphatic carbocycles. The minimum atomic E-state index is -0.904. The van der Waals surface area contributed by atoms with Crippen molar-refractivity contribution in [2.75, 3.05) is 31.3 Å². The standard InChI is InChI=1S/C13H18O5S2/c1-3-4-5-7-19-20-8-6-16-11(14)13(2)9-17-12(15)18-10-13/h3-5H,1,6-10H2,2H3/b5-4-. The van der Waals surface area contributed by atoms with Gasteiger partial charge in [-0.05, 0) is 6.92 Å². The summed E-state index contributed by atoms with van der Waals surface area (Å²) in [5.74, 6) is 1.18. The third-order valence-corrected chi connectivity index (χ3v) is 4.67. The summed E-state index contributed by atoms with van der Waals surface area (Å²) in [5.41, 5.74) is -0.904. The summed E-state index contributed by atoms with van der Waals surface area (Å²) in [5, 5.41) is 0. The van der Waals surface area contributed by atoms with Crippen molar-refractivity contribution in [3.8, 4) is 0 Å². The van der Waals surface area contributed by atoms with Gasteiger partial charge in [0.25, 0.3) is 0 Å². The second-order valence-corrected chi connectivity index (χ2v) is 6.92. The van der Waals surface area contributed by atoms with Crippen LogP contribution < -0.4 is 0 Å². The Bertz CT molecular complexity index is 371. The highest BCUT2D eigenvalue weighted by atomic mass is 33.1. The first kappa shape index (κ1) is 17.0. The number of hydrogen-bond donors (Lipinski definition) is 0. The van der Waals surface area contributed by atoms with Crippen molar-refractivity contribution in [2.45, 2.75) is 6.92 Å². The molecule has 0 spiro atoms. The molecule has 0 amide bonds. The number of carbonyl (C=O) groups excluding carboxylic acids is 2. The number of cyclic esters (lactones) is 2. The second-order valence-electron chi connectivity index (χ2n) is 4.29. The number of ether oxygens (including phenoxy) is 3. The lowest BCUT2D eigenvalue weighted by Crippen LogP contribution is -2.44. The van der Waals surface area contributed by atoms with Crippen LogP contribution in [0.15, 0.2) is 24.8 Å². The van der Waals surface area contributed by atoms with Gasteiger partial charge >= 0.3 is 12.1 Å². The topological polar surface area (TPSA) is 61.8 Å². The van der Waals surface area contributed by atoms with Crippen molar-refractivity contribution >= 4 is 33.7 Å². The van der Waals surface area contributed by atoms with Gasteiger partial charge in [0.2, 0.25) is 0 Å². The molecule has 0 radical (unpaired) electrons. The summed E-state index contributed by atoms with van der Waals surface area (Å²) in [6.45, 7) is 5.56. The molecule has 1 aliphatic heterocycles. The van der Waals surface area contributed by atoms with Crippen molar-refractivity contribution in [2.24, 2.45) is 5.41 Å². The molecule has 0 unspecified atom stereocenters. The fraction of sp³-hybridized carbons (Fsp3) is 0.538. The molecule has 0 saturated carbocycles. The van der Waals surface area contributed by atoms with Crippen LogP contribution in [0.2, 0.25) is 0 Å². The first-order valence-electron chi connectivity index (χ1n) is 6.07. The predicted octanol–water partition coefficient (Wildman–Crippen LogP) is 2.83. The molecule has 0 aromatic carbocycles. The van der Waals surface area contributed by atoms with Gasteiger partial charge in [0, 0.05) is 11.5 Å². The molecule has 0 bridgehead atoms. The third-order valence-electron chi connectivity index (χ3n) is 2.43. The van der Waals surface area contributed by atoms with Gasteiger partial charge in [0.05, 0.1) is 0 Å². The molecule has 112 valence electrons. The van der Waals surface area contributed by atoms with E-state index in [1.54, 1.807) is 34.6 Å². The predicted molar refractivity (Wildman–Crippen MR) is 80.6 cm³/mol. The molecule has 1 fully saturated rings. The lowest BCUT2D eigenvalue weighted by Gasteiger charge is -2.29. The van der Waals surface area contributed by atoms with Crippen LogP contribution in [0, 0.1) is 5.41 Å². The third kappa shape index (κ3) is 5.92. The lowest BCUT2D eigenvalue weighted by atomic mass is 9.93. The lowest BCUT2D eigenvalue weighted by molar-refractivity contribution is -0.165. The maximum atomic E-state index is 11.9. The summed E-state index contributed by atoms with van der Waals surface area (Å²) < 4.78 is 14.6. The molecular formula is C13H18O5S2.